The Hall–Kier alpha value is -3.68. The minimum atomic E-state index is -0.221. The molecule has 1 aliphatic heterocycles. The smallest absolute Gasteiger partial charge is 0.258 e. The number of nitrogens with zero attached hydrogens (tertiary/aromatic N) is 3. The number of pyridine rings is 2. The van der Waals surface area contributed by atoms with Gasteiger partial charge in [-0.3, -0.25) is 14.6 Å². The van der Waals surface area contributed by atoms with Gasteiger partial charge in [-0.2, -0.15) is 0 Å². The van der Waals surface area contributed by atoms with Crippen LogP contribution in [0.4, 0.5) is 5.82 Å². The van der Waals surface area contributed by atoms with Crippen molar-refractivity contribution in [3.8, 4) is 5.75 Å². The fourth-order valence-corrected chi connectivity index (χ4v) is 4.11. The number of aromatic hydroxyl groups is 1. The first-order chi connectivity index (χ1) is 15.0. The Labute approximate surface area is 179 Å². The Morgan fingerprint density at radius 2 is 2.13 bits per heavy atom. The van der Waals surface area contributed by atoms with E-state index in [2.05, 4.69) is 27.2 Å². The van der Waals surface area contributed by atoms with Crippen molar-refractivity contribution in [3.63, 3.8) is 0 Å². The highest BCUT2D eigenvalue weighted by molar-refractivity contribution is 5.99. The molecular weight excluding hydrogens is 394 g/mol. The molecule has 0 spiro atoms. The van der Waals surface area contributed by atoms with Gasteiger partial charge in [0.2, 0.25) is 5.91 Å². The summed E-state index contributed by atoms with van der Waals surface area (Å²) in [4.78, 5) is 38.3. The molecule has 31 heavy (non-hydrogen) atoms. The van der Waals surface area contributed by atoms with Gasteiger partial charge in [0.15, 0.2) is 0 Å². The number of fused-ring (bicyclic) bond motifs is 1. The summed E-state index contributed by atoms with van der Waals surface area (Å²) in [5.74, 6) is 0.380. The topological polar surface area (TPSA) is 111 Å². The van der Waals surface area contributed by atoms with E-state index in [9.17, 15) is 14.7 Å². The van der Waals surface area contributed by atoms with Gasteiger partial charge in [-0.05, 0) is 48.1 Å². The van der Waals surface area contributed by atoms with Crippen LogP contribution in [0.3, 0.4) is 0 Å². The van der Waals surface area contributed by atoms with Crippen LogP contribution in [0.1, 0.15) is 35.7 Å². The molecule has 3 aromatic rings. The number of H-pyrrole nitrogens is 1. The predicted molar refractivity (Wildman–Crippen MR) is 116 cm³/mol. The molecule has 8 nitrogen and oxygen atoms in total. The van der Waals surface area contributed by atoms with Gasteiger partial charge in [-0.25, -0.2) is 4.98 Å². The highest BCUT2D eigenvalue weighted by Gasteiger charge is 2.31. The number of rotatable bonds is 4. The number of aromatic nitrogens is 3. The first-order valence-corrected chi connectivity index (χ1v) is 10.4. The molecule has 8 heteroatoms. The Morgan fingerprint density at radius 1 is 1.29 bits per heavy atom. The Morgan fingerprint density at radius 3 is 2.87 bits per heavy atom. The summed E-state index contributed by atoms with van der Waals surface area (Å²) in [7, 11) is 0. The van der Waals surface area contributed by atoms with Crippen LogP contribution >= 0.6 is 0 Å². The van der Waals surface area contributed by atoms with Gasteiger partial charge in [0.1, 0.15) is 17.2 Å². The van der Waals surface area contributed by atoms with Gasteiger partial charge in [0, 0.05) is 36.8 Å². The van der Waals surface area contributed by atoms with E-state index >= 15 is 0 Å². The molecule has 1 unspecified atom stereocenters. The predicted octanol–water partition coefficient (Wildman–Crippen LogP) is 3.19. The number of carbonyl (C=O) groups is 2. The van der Waals surface area contributed by atoms with Crippen LogP contribution in [-0.2, 0) is 4.79 Å². The van der Waals surface area contributed by atoms with Crippen molar-refractivity contribution in [3.05, 3.63) is 54.0 Å². The van der Waals surface area contributed by atoms with Crippen LogP contribution in [0.25, 0.3) is 16.6 Å². The minimum Gasteiger partial charge on any atom is -0.505 e. The fraction of sp³-hybridized carbons (Fsp3) is 0.304. The molecule has 1 fully saturated rings. The van der Waals surface area contributed by atoms with Gasteiger partial charge in [-0.1, -0.05) is 13.0 Å². The largest absolute Gasteiger partial charge is 0.505 e. The van der Waals surface area contributed by atoms with Crippen molar-refractivity contribution in [1.82, 2.24) is 19.9 Å². The summed E-state index contributed by atoms with van der Waals surface area (Å²) in [6.07, 6.45) is 8.52. The van der Waals surface area contributed by atoms with Crippen molar-refractivity contribution in [2.24, 2.45) is 11.8 Å². The van der Waals surface area contributed by atoms with Crippen molar-refractivity contribution in [1.29, 1.82) is 0 Å². The zero-order valence-electron chi connectivity index (χ0n) is 17.1. The summed E-state index contributed by atoms with van der Waals surface area (Å²) in [5.41, 5.74) is 3.08. The summed E-state index contributed by atoms with van der Waals surface area (Å²) in [6, 6.07) is 5.43. The Kier molecular flexibility index (Phi) is 4.69. The monoisotopic (exact) mass is 417 g/mol. The summed E-state index contributed by atoms with van der Waals surface area (Å²) < 4.78 is 0. The van der Waals surface area contributed by atoms with Crippen LogP contribution in [0, 0.1) is 11.8 Å². The lowest BCUT2D eigenvalue weighted by molar-refractivity contribution is -0.117. The van der Waals surface area contributed by atoms with Gasteiger partial charge in [0.25, 0.3) is 5.91 Å². The molecule has 0 saturated heterocycles. The number of aromatic amines is 1. The van der Waals surface area contributed by atoms with Crippen LogP contribution in [0.2, 0.25) is 0 Å². The van der Waals surface area contributed by atoms with E-state index in [4.69, 9.17) is 0 Å². The van der Waals surface area contributed by atoms with Crippen molar-refractivity contribution in [2.75, 3.05) is 18.4 Å². The molecule has 5 rings (SSSR count). The molecule has 3 N–H and O–H groups in total. The summed E-state index contributed by atoms with van der Waals surface area (Å²) in [5, 5.41) is 13.9. The number of amides is 2. The third-order valence-corrected chi connectivity index (χ3v) is 5.91. The zero-order valence-corrected chi connectivity index (χ0v) is 17.1. The molecule has 0 bridgehead atoms. The standard InChI is InChI=1S/C23H23N5O3/c1-13-12-28(23(31)17-4-7-24-11-19(17)29)9-6-15(13)18-10-20(27-22(30)14-2-3-14)26-21-16(18)5-8-25-21/h4-8,10-11,13-14,29H,2-3,9,12H2,1H3,(H2,25,26,27,30). The number of hydrogen-bond acceptors (Lipinski definition) is 5. The highest BCUT2D eigenvalue weighted by atomic mass is 16.3. The lowest BCUT2D eigenvalue weighted by atomic mass is 9.89. The van der Waals surface area contributed by atoms with E-state index in [0.717, 1.165) is 35.0 Å². The van der Waals surface area contributed by atoms with Gasteiger partial charge in [-0.15, -0.1) is 0 Å². The maximum atomic E-state index is 12.9. The van der Waals surface area contributed by atoms with Gasteiger partial charge in [0.05, 0.1) is 11.8 Å². The van der Waals surface area contributed by atoms with Crippen molar-refractivity contribution >= 4 is 34.2 Å². The van der Waals surface area contributed by atoms with Crippen molar-refractivity contribution in [2.45, 2.75) is 19.8 Å². The maximum Gasteiger partial charge on any atom is 0.258 e. The summed E-state index contributed by atoms with van der Waals surface area (Å²) >= 11 is 0. The van der Waals surface area contributed by atoms with E-state index in [1.807, 2.05) is 24.4 Å². The quantitative estimate of drug-likeness (QED) is 0.604. The van der Waals surface area contributed by atoms with Crippen LogP contribution in [-0.4, -0.2) is 49.9 Å². The number of hydrogen-bond donors (Lipinski definition) is 3. The lowest BCUT2D eigenvalue weighted by Gasteiger charge is -2.32. The maximum absolute atomic E-state index is 12.9. The minimum absolute atomic E-state index is 0.0176. The number of nitrogens with one attached hydrogen (secondary N) is 2. The molecule has 1 saturated carbocycles. The van der Waals surface area contributed by atoms with E-state index in [-0.39, 0.29) is 35.0 Å². The molecule has 2 amide bonds. The average Bonchev–Trinajstić information content (AvgIpc) is 3.51. The Balaban J connectivity index is 1.45. The lowest BCUT2D eigenvalue weighted by Crippen LogP contribution is -2.38. The molecule has 158 valence electrons. The summed E-state index contributed by atoms with van der Waals surface area (Å²) in [6.45, 7) is 3.02. The molecular formula is C23H23N5O3. The van der Waals surface area contributed by atoms with Crippen LogP contribution < -0.4 is 5.32 Å². The van der Waals surface area contributed by atoms with E-state index < -0.39 is 0 Å². The van der Waals surface area contributed by atoms with Gasteiger partial charge < -0.3 is 20.3 Å². The van der Waals surface area contributed by atoms with E-state index in [1.54, 1.807) is 4.90 Å². The molecule has 1 aliphatic carbocycles. The zero-order chi connectivity index (χ0) is 21.5. The van der Waals surface area contributed by atoms with E-state index in [0.29, 0.717) is 18.9 Å². The first-order valence-electron chi connectivity index (χ1n) is 10.4. The van der Waals surface area contributed by atoms with Crippen LogP contribution in [0.5, 0.6) is 5.75 Å². The second kappa shape index (κ2) is 7.54. The average molecular weight is 417 g/mol. The molecule has 4 heterocycles. The highest BCUT2D eigenvalue weighted by Crippen LogP contribution is 2.35. The molecule has 1 atom stereocenters. The number of carbonyl (C=O) groups excluding carboxylic acids is 2. The normalized spacial score (nSPS) is 18.7. The number of anilines is 1. The SMILES string of the molecule is CC1CN(C(=O)c2ccncc2O)CC=C1c1cc(NC(=O)C2CC2)nc2[nH]ccc12. The third-order valence-electron chi connectivity index (χ3n) is 5.91. The second-order valence-corrected chi connectivity index (χ2v) is 8.22. The molecule has 3 aromatic heterocycles. The third kappa shape index (κ3) is 3.65. The second-order valence-electron chi connectivity index (χ2n) is 8.22. The Bertz CT molecular complexity index is 1210. The van der Waals surface area contributed by atoms with Crippen LogP contribution in [0.15, 0.2) is 42.9 Å². The first kappa shape index (κ1) is 19.3. The van der Waals surface area contributed by atoms with E-state index in [1.165, 1.54) is 18.5 Å². The molecule has 0 radical (unpaired) electrons. The van der Waals surface area contributed by atoms with Gasteiger partial charge >= 0.3 is 0 Å². The fourth-order valence-electron chi connectivity index (χ4n) is 4.11. The molecule has 0 aromatic carbocycles. The van der Waals surface area contributed by atoms with Crippen molar-refractivity contribution < 1.29 is 14.7 Å². The molecule has 2 aliphatic rings.